The molecule has 36 heavy (non-hydrogen) atoms. The Kier molecular flexibility index (Phi) is 9.34. The lowest BCUT2D eigenvalue weighted by Gasteiger charge is -2.33. The maximum atomic E-state index is 13.6. The van der Waals surface area contributed by atoms with Crippen LogP contribution in [0.25, 0.3) is 0 Å². The molecule has 2 aromatic rings. The van der Waals surface area contributed by atoms with E-state index in [4.69, 9.17) is 9.47 Å². The van der Waals surface area contributed by atoms with Gasteiger partial charge in [-0.25, -0.2) is 0 Å². The highest BCUT2D eigenvalue weighted by atomic mass is 33.1. The SMILES string of the molecule is CCCCC1C(OC(C)=O)CC(=O)CC2c3cc(OC)c(O)cc3CCC2SSCC1c1cc[nH]c1. The number of aromatic amines is 1. The van der Waals surface area contributed by atoms with Gasteiger partial charge >= 0.3 is 5.97 Å². The predicted molar refractivity (Wildman–Crippen MR) is 146 cm³/mol. The molecule has 6 nitrogen and oxygen atoms in total. The van der Waals surface area contributed by atoms with Gasteiger partial charge < -0.3 is 19.6 Å². The van der Waals surface area contributed by atoms with Gasteiger partial charge in [0.1, 0.15) is 11.9 Å². The smallest absolute Gasteiger partial charge is 0.302 e. The topological polar surface area (TPSA) is 88.6 Å². The van der Waals surface area contributed by atoms with Crippen LogP contribution < -0.4 is 4.74 Å². The summed E-state index contributed by atoms with van der Waals surface area (Å²) in [6.07, 6.45) is 8.98. The highest BCUT2D eigenvalue weighted by Gasteiger charge is 2.38. The summed E-state index contributed by atoms with van der Waals surface area (Å²) in [5.41, 5.74) is 3.39. The van der Waals surface area contributed by atoms with Gasteiger partial charge in [0.2, 0.25) is 0 Å². The van der Waals surface area contributed by atoms with E-state index in [9.17, 15) is 14.7 Å². The summed E-state index contributed by atoms with van der Waals surface area (Å²) in [5, 5.41) is 10.6. The molecule has 0 saturated carbocycles. The predicted octanol–water partition coefficient (Wildman–Crippen LogP) is 6.39. The third-order valence-corrected chi connectivity index (χ3v) is 10.6. The largest absolute Gasteiger partial charge is 0.504 e. The number of hydrogen-bond acceptors (Lipinski definition) is 7. The number of ketones is 1. The Morgan fingerprint density at radius 3 is 2.78 bits per heavy atom. The number of Topliss-reactive ketones (excluding diaryl/α,β-unsaturated/α-hetero) is 1. The van der Waals surface area contributed by atoms with Crippen molar-refractivity contribution in [1.82, 2.24) is 4.98 Å². The molecule has 4 rings (SSSR count). The number of H-pyrrole nitrogens is 1. The first-order valence-electron chi connectivity index (χ1n) is 12.9. The monoisotopic (exact) mass is 531 g/mol. The number of phenolic OH excluding ortho intramolecular Hbond substituents is 1. The molecule has 2 N–H and O–H groups in total. The van der Waals surface area contributed by atoms with Crippen LogP contribution in [0.4, 0.5) is 0 Å². The third kappa shape index (κ3) is 6.25. The fraction of sp³-hybridized carbons (Fsp3) is 0.571. The van der Waals surface area contributed by atoms with Crippen LogP contribution in [0.15, 0.2) is 30.6 Å². The first-order chi connectivity index (χ1) is 17.4. The molecule has 1 aromatic carbocycles. The molecular formula is C28H37NO5S2. The zero-order valence-corrected chi connectivity index (χ0v) is 23.0. The van der Waals surface area contributed by atoms with Crippen LogP contribution in [0, 0.1) is 5.92 Å². The van der Waals surface area contributed by atoms with Crippen LogP contribution in [0.5, 0.6) is 11.5 Å². The Hall–Kier alpha value is -2.06. The van der Waals surface area contributed by atoms with Crippen molar-refractivity contribution in [3.8, 4) is 11.5 Å². The highest BCUT2D eigenvalue weighted by Crippen LogP contribution is 2.50. The Morgan fingerprint density at radius 1 is 1.25 bits per heavy atom. The number of ether oxygens (including phenoxy) is 2. The Balaban J connectivity index is 1.70. The van der Waals surface area contributed by atoms with Gasteiger partial charge in [0, 0.05) is 60.9 Å². The summed E-state index contributed by atoms with van der Waals surface area (Å²) in [6, 6.07) is 5.82. The molecule has 2 heterocycles. The summed E-state index contributed by atoms with van der Waals surface area (Å²) < 4.78 is 11.3. The molecule has 0 bridgehead atoms. The molecule has 1 aromatic heterocycles. The molecule has 0 spiro atoms. The molecule has 196 valence electrons. The Bertz CT molecular complexity index is 1040. The van der Waals surface area contributed by atoms with E-state index in [-0.39, 0.29) is 46.9 Å². The van der Waals surface area contributed by atoms with E-state index in [0.717, 1.165) is 49.0 Å². The summed E-state index contributed by atoms with van der Waals surface area (Å²) >= 11 is 0. The fourth-order valence-electron chi connectivity index (χ4n) is 5.78. The summed E-state index contributed by atoms with van der Waals surface area (Å²) in [7, 11) is 5.30. The van der Waals surface area contributed by atoms with Crippen molar-refractivity contribution >= 4 is 33.3 Å². The normalized spacial score (nSPS) is 26.9. The molecule has 1 aliphatic carbocycles. The van der Waals surface area contributed by atoms with Crippen LogP contribution in [0.2, 0.25) is 0 Å². The minimum atomic E-state index is -0.444. The number of rotatable bonds is 6. The Labute approximate surface area is 221 Å². The second kappa shape index (κ2) is 12.5. The lowest BCUT2D eigenvalue weighted by Crippen LogP contribution is -2.34. The molecule has 1 aliphatic heterocycles. The lowest BCUT2D eigenvalue weighted by atomic mass is 9.77. The number of benzene rings is 1. The fourth-order valence-corrected chi connectivity index (χ4v) is 9.10. The van der Waals surface area contributed by atoms with Crippen molar-refractivity contribution in [2.75, 3.05) is 12.9 Å². The molecule has 1 fully saturated rings. The van der Waals surface area contributed by atoms with Crippen molar-refractivity contribution in [3.63, 3.8) is 0 Å². The third-order valence-electron chi connectivity index (χ3n) is 7.56. The number of aromatic hydroxyl groups is 1. The Morgan fingerprint density at radius 2 is 2.08 bits per heavy atom. The minimum absolute atomic E-state index is 0.0316. The van der Waals surface area contributed by atoms with Crippen molar-refractivity contribution in [1.29, 1.82) is 0 Å². The number of esters is 1. The highest BCUT2D eigenvalue weighted by molar-refractivity contribution is 8.77. The summed E-state index contributed by atoms with van der Waals surface area (Å²) in [5.74, 6) is 1.55. The van der Waals surface area contributed by atoms with Gasteiger partial charge in [0.05, 0.1) is 7.11 Å². The second-order valence-corrected chi connectivity index (χ2v) is 12.6. The first-order valence-corrected chi connectivity index (χ1v) is 15.3. The van der Waals surface area contributed by atoms with E-state index < -0.39 is 6.10 Å². The number of aryl methyl sites for hydroxylation is 1. The molecule has 5 unspecified atom stereocenters. The number of nitrogens with one attached hydrogen (secondary N) is 1. The average molecular weight is 532 g/mol. The van der Waals surface area contributed by atoms with E-state index in [0.29, 0.717) is 12.2 Å². The zero-order valence-electron chi connectivity index (χ0n) is 21.3. The van der Waals surface area contributed by atoms with Gasteiger partial charge in [0.15, 0.2) is 11.5 Å². The molecule has 5 atom stereocenters. The number of carbonyl (C=O) groups excluding carboxylic acids is 2. The van der Waals surface area contributed by atoms with Gasteiger partial charge in [0.25, 0.3) is 0 Å². The van der Waals surface area contributed by atoms with Gasteiger partial charge in [-0.05, 0) is 54.2 Å². The maximum Gasteiger partial charge on any atom is 0.302 e. The van der Waals surface area contributed by atoms with Gasteiger partial charge in [-0.3, -0.25) is 9.59 Å². The van der Waals surface area contributed by atoms with Crippen molar-refractivity contribution in [2.45, 2.75) is 82.0 Å². The molecule has 0 amide bonds. The summed E-state index contributed by atoms with van der Waals surface area (Å²) in [6.45, 7) is 3.61. The average Bonchev–Trinajstić information content (AvgIpc) is 3.37. The van der Waals surface area contributed by atoms with Gasteiger partial charge in [-0.1, -0.05) is 41.4 Å². The van der Waals surface area contributed by atoms with Crippen LogP contribution in [-0.2, 0) is 20.7 Å². The van der Waals surface area contributed by atoms with Crippen LogP contribution in [0.1, 0.15) is 80.9 Å². The van der Waals surface area contributed by atoms with Crippen LogP contribution in [-0.4, -0.2) is 46.1 Å². The number of fused-ring (bicyclic) bond motifs is 3. The van der Waals surface area contributed by atoms with Crippen molar-refractivity contribution in [3.05, 3.63) is 47.3 Å². The molecule has 8 heteroatoms. The van der Waals surface area contributed by atoms with E-state index in [1.807, 2.05) is 40.0 Å². The van der Waals surface area contributed by atoms with Crippen LogP contribution >= 0.6 is 21.6 Å². The van der Waals surface area contributed by atoms with E-state index in [1.165, 1.54) is 12.5 Å². The number of unbranched alkanes of at least 4 members (excludes halogenated alkanes) is 1. The van der Waals surface area contributed by atoms with E-state index in [2.05, 4.69) is 18.0 Å². The van der Waals surface area contributed by atoms with E-state index in [1.54, 1.807) is 13.2 Å². The number of methoxy groups -OCH3 is 1. The number of hydrogen-bond donors (Lipinski definition) is 2. The van der Waals surface area contributed by atoms with E-state index >= 15 is 0 Å². The molecule has 1 saturated heterocycles. The van der Waals surface area contributed by atoms with Gasteiger partial charge in [-0.15, -0.1) is 0 Å². The quantitative estimate of drug-likeness (QED) is 0.330. The second-order valence-electron chi connectivity index (χ2n) is 9.94. The molecular weight excluding hydrogens is 494 g/mol. The number of aromatic nitrogens is 1. The van der Waals surface area contributed by atoms with Crippen LogP contribution in [0.3, 0.4) is 0 Å². The zero-order chi connectivity index (χ0) is 25.7. The summed E-state index contributed by atoms with van der Waals surface area (Å²) in [4.78, 5) is 29.0. The van der Waals surface area contributed by atoms with Crippen molar-refractivity contribution in [2.24, 2.45) is 5.92 Å². The standard InChI is InChI=1S/C28H37NO5S2/c1-4-5-6-21-24(19-9-10-29-15-19)16-35-36-28-8-7-18-11-25(32)27(33-3)14-22(18)23(28)12-20(31)13-26(21)34-17(2)30/h9-11,14-15,21,23-24,26,28-29,32H,4-8,12-13,16H2,1-3H3. The molecule has 0 radical (unpaired) electrons. The van der Waals surface area contributed by atoms with Crippen molar-refractivity contribution < 1.29 is 24.2 Å². The maximum absolute atomic E-state index is 13.6. The van der Waals surface area contributed by atoms with Gasteiger partial charge in [-0.2, -0.15) is 0 Å². The minimum Gasteiger partial charge on any atom is -0.504 e. The number of phenols is 1. The first kappa shape index (κ1) is 27.0. The number of carbonyl (C=O) groups is 2. The molecule has 2 aliphatic rings. The lowest BCUT2D eigenvalue weighted by molar-refractivity contribution is -0.151.